The highest BCUT2D eigenvalue weighted by molar-refractivity contribution is 5.91. The fourth-order valence-electron chi connectivity index (χ4n) is 4.09. The number of hydrogen-bond donors (Lipinski definition) is 2. The molecule has 8 nitrogen and oxygen atoms in total. The predicted octanol–water partition coefficient (Wildman–Crippen LogP) is 2.14. The summed E-state index contributed by atoms with van der Waals surface area (Å²) >= 11 is 0. The summed E-state index contributed by atoms with van der Waals surface area (Å²) in [5.74, 6) is -2.50. The molecule has 0 radical (unpaired) electrons. The zero-order chi connectivity index (χ0) is 22.4. The second-order valence-corrected chi connectivity index (χ2v) is 7.60. The summed E-state index contributed by atoms with van der Waals surface area (Å²) in [4.78, 5) is 43.0. The fraction of sp³-hybridized carbons (Fsp3) is 0.391. The Morgan fingerprint density at radius 1 is 1.16 bits per heavy atom. The topological polar surface area (TPSA) is 109 Å². The van der Waals surface area contributed by atoms with Crippen molar-refractivity contribution in [1.82, 2.24) is 9.88 Å². The smallest absolute Gasteiger partial charge is 0.329 e. The van der Waals surface area contributed by atoms with Gasteiger partial charge in [-0.3, -0.25) is 14.6 Å². The maximum absolute atomic E-state index is 13.3. The van der Waals surface area contributed by atoms with Crippen LogP contribution in [0.2, 0.25) is 0 Å². The van der Waals surface area contributed by atoms with Crippen LogP contribution in [0.4, 0.5) is 5.69 Å². The monoisotopic (exact) mass is 425 g/mol. The number of aromatic nitrogens is 1. The van der Waals surface area contributed by atoms with Crippen molar-refractivity contribution < 1.29 is 24.2 Å². The number of carboxylic acid groups (broad SMARTS) is 1. The summed E-state index contributed by atoms with van der Waals surface area (Å²) in [6.45, 7) is 2.89. The molecule has 3 rings (SSSR count). The largest absolute Gasteiger partial charge is 0.480 e. The molecule has 31 heavy (non-hydrogen) atoms. The molecular formula is C23H27N3O5. The zero-order valence-electron chi connectivity index (χ0n) is 17.7. The van der Waals surface area contributed by atoms with Crippen LogP contribution in [0.5, 0.6) is 0 Å². The van der Waals surface area contributed by atoms with E-state index in [0.717, 1.165) is 16.0 Å². The molecule has 0 bridgehead atoms. The van der Waals surface area contributed by atoms with Gasteiger partial charge in [-0.2, -0.15) is 0 Å². The molecule has 0 fully saturated rings. The molecule has 2 N–H and O–H groups in total. The number of rotatable bonds is 9. The molecule has 1 aromatic carbocycles. The number of carbonyl (C=O) groups is 3. The van der Waals surface area contributed by atoms with Crippen LogP contribution in [0.15, 0.2) is 48.8 Å². The number of anilines is 1. The number of ether oxygens (including phenoxy) is 1. The number of amides is 1. The van der Waals surface area contributed by atoms with Crippen molar-refractivity contribution in [3.63, 3.8) is 0 Å². The summed E-state index contributed by atoms with van der Waals surface area (Å²) in [6.07, 6.45) is 4.34. The third-order valence-corrected chi connectivity index (χ3v) is 5.42. The molecule has 0 saturated heterocycles. The van der Waals surface area contributed by atoms with Gasteiger partial charge in [-0.25, -0.2) is 4.79 Å². The molecule has 1 amide bonds. The van der Waals surface area contributed by atoms with Crippen molar-refractivity contribution in [2.45, 2.75) is 38.8 Å². The molecule has 2 aromatic rings. The second kappa shape index (κ2) is 10.1. The van der Waals surface area contributed by atoms with Crippen molar-refractivity contribution in [2.75, 3.05) is 18.5 Å². The van der Waals surface area contributed by atoms with Gasteiger partial charge in [-0.05, 0) is 55.9 Å². The summed E-state index contributed by atoms with van der Waals surface area (Å²) in [6, 6.07) is 9.54. The Balaban J connectivity index is 1.88. The van der Waals surface area contributed by atoms with Crippen molar-refractivity contribution in [3.8, 4) is 0 Å². The summed E-state index contributed by atoms with van der Waals surface area (Å²) in [5, 5.41) is 12.6. The lowest BCUT2D eigenvalue weighted by Gasteiger charge is -2.34. The minimum Gasteiger partial charge on any atom is -0.480 e. The first kappa shape index (κ1) is 22.3. The second-order valence-electron chi connectivity index (χ2n) is 7.60. The third kappa shape index (κ3) is 5.39. The fourth-order valence-corrected chi connectivity index (χ4v) is 4.09. The first-order valence-electron chi connectivity index (χ1n) is 10.3. The quantitative estimate of drug-likeness (QED) is 0.593. The van der Waals surface area contributed by atoms with Crippen molar-refractivity contribution in [3.05, 3.63) is 59.9 Å². The van der Waals surface area contributed by atoms with Crippen LogP contribution in [0.1, 0.15) is 25.0 Å². The number of hydrogen-bond acceptors (Lipinski definition) is 6. The Hall–Kier alpha value is -3.42. The van der Waals surface area contributed by atoms with E-state index in [2.05, 4.69) is 10.3 Å². The van der Waals surface area contributed by atoms with E-state index in [4.69, 9.17) is 4.74 Å². The van der Waals surface area contributed by atoms with Gasteiger partial charge in [-0.15, -0.1) is 0 Å². The molecule has 2 unspecified atom stereocenters. The van der Waals surface area contributed by atoms with Gasteiger partial charge in [0.05, 0.1) is 6.61 Å². The number of esters is 1. The Bertz CT molecular complexity index is 909. The van der Waals surface area contributed by atoms with E-state index >= 15 is 0 Å². The van der Waals surface area contributed by atoms with E-state index in [0.29, 0.717) is 18.5 Å². The van der Waals surface area contributed by atoms with Crippen molar-refractivity contribution in [1.29, 1.82) is 0 Å². The molecule has 8 heteroatoms. The number of carboxylic acids is 1. The van der Waals surface area contributed by atoms with Gasteiger partial charge < -0.3 is 20.1 Å². The molecule has 0 spiro atoms. The highest BCUT2D eigenvalue weighted by Crippen LogP contribution is 2.32. The number of pyridine rings is 1. The van der Waals surface area contributed by atoms with Crippen LogP contribution in [-0.2, 0) is 32.0 Å². The van der Waals surface area contributed by atoms with Crippen LogP contribution in [0.25, 0.3) is 0 Å². The molecule has 1 aliphatic rings. The predicted molar refractivity (Wildman–Crippen MR) is 114 cm³/mol. The summed E-state index contributed by atoms with van der Waals surface area (Å²) < 4.78 is 5.27. The molecule has 1 heterocycles. The molecule has 1 aliphatic carbocycles. The number of nitrogens with zero attached hydrogens (tertiary/aromatic N) is 2. The summed E-state index contributed by atoms with van der Waals surface area (Å²) in [5.41, 5.74) is 2.88. The number of aliphatic carboxylic acids is 1. The lowest BCUT2D eigenvalue weighted by Crippen LogP contribution is -2.55. The Morgan fingerprint density at radius 3 is 2.32 bits per heavy atom. The van der Waals surface area contributed by atoms with E-state index < -0.39 is 36.5 Å². The lowest BCUT2D eigenvalue weighted by molar-refractivity contribution is -0.160. The number of fused-ring (bicyclic) bond motifs is 1. The van der Waals surface area contributed by atoms with Gasteiger partial charge in [0, 0.05) is 18.1 Å². The first-order valence-corrected chi connectivity index (χ1v) is 10.3. The van der Waals surface area contributed by atoms with Gasteiger partial charge in [0.25, 0.3) is 0 Å². The van der Waals surface area contributed by atoms with E-state index in [1.165, 1.54) is 0 Å². The van der Waals surface area contributed by atoms with Crippen LogP contribution >= 0.6 is 0 Å². The Labute approximate surface area is 181 Å². The van der Waals surface area contributed by atoms with E-state index in [-0.39, 0.29) is 12.5 Å². The Morgan fingerprint density at radius 2 is 1.77 bits per heavy atom. The number of carbonyl (C=O) groups excluding carboxylic acids is 2. The van der Waals surface area contributed by atoms with Gasteiger partial charge in [0.15, 0.2) is 0 Å². The lowest BCUT2D eigenvalue weighted by atomic mass is 9.94. The minimum atomic E-state index is -1.19. The van der Waals surface area contributed by atoms with Crippen LogP contribution in [0.3, 0.4) is 0 Å². The summed E-state index contributed by atoms with van der Waals surface area (Å²) in [7, 11) is 0. The molecule has 2 atom stereocenters. The third-order valence-electron chi connectivity index (χ3n) is 5.42. The normalized spacial score (nSPS) is 14.9. The van der Waals surface area contributed by atoms with Gasteiger partial charge >= 0.3 is 11.9 Å². The van der Waals surface area contributed by atoms with Gasteiger partial charge in [-0.1, -0.05) is 24.3 Å². The first-order chi connectivity index (χ1) is 14.9. The van der Waals surface area contributed by atoms with E-state index in [1.54, 1.807) is 38.4 Å². The Kier molecular flexibility index (Phi) is 7.23. The zero-order valence-corrected chi connectivity index (χ0v) is 17.7. The van der Waals surface area contributed by atoms with Crippen LogP contribution in [-0.4, -0.2) is 58.1 Å². The van der Waals surface area contributed by atoms with Crippen LogP contribution < -0.4 is 5.32 Å². The molecule has 164 valence electrons. The molecule has 0 aliphatic heterocycles. The number of nitrogens with one attached hydrogen (secondary N) is 1. The average Bonchev–Trinajstić information content (AvgIpc) is 3.17. The number of benzene rings is 1. The minimum absolute atomic E-state index is 0.148. The SMILES string of the molecule is CCOC(=O)C(C1Cc2ccccc2C1)N(CC(=O)O)C(=O)C(C)Nc1ccncc1. The maximum Gasteiger partial charge on any atom is 0.329 e. The highest BCUT2D eigenvalue weighted by Gasteiger charge is 2.42. The molecule has 0 saturated carbocycles. The standard InChI is InChI=1S/C23H27N3O5/c1-3-31-23(30)21(18-12-16-6-4-5-7-17(16)13-18)26(14-20(27)28)22(29)15(2)25-19-8-10-24-11-9-19/h4-11,15,18,21H,3,12-14H2,1-2H3,(H,24,25)(H,27,28). The van der Waals surface area contributed by atoms with E-state index in [1.807, 2.05) is 24.3 Å². The van der Waals surface area contributed by atoms with Gasteiger partial charge in [0.1, 0.15) is 18.6 Å². The maximum atomic E-state index is 13.3. The van der Waals surface area contributed by atoms with E-state index in [9.17, 15) is 19.5 Å². The molecular weight excluding hydrogens is 398 g/mol. The van der Waals surface area contributed by atoms with Crippen molar-refractivity contribution >= 4 is 23.5 Å². The van der Waals surface area contributed by atoms with Crippen molar-refractivity contribution in [2.24, 2.45) is 5.92 Å². The highest BCUT2D eigenvalue weighted by atomic mass is 16.5. The average molecular weight is 425 g/mol. The van der Waals surface area contributed by atoms with Crippen LogP contribution in [0, 0.1) is 5.92 Å². The molecule has 1 aromatic heterocycles. The van der Waals surface area contributed by atoms with Gasteiger partial charge in [0.2, 0.25) is 5.91 Å².